The zero-order valence-corrected chi connectivity index (χ0v) is 14.5. The van der Waals surface area contributed by atoms with Gasteiger partial charge in [-0.3, -0.25) is 4.90 Å². The molecular weight excluding hydrogens is 270 g/mol. The van der Waals surface area contributed by atoms with Crippen LogP contribution in [0.2, 0.25) is 0 Å². The molecule has 1 saturated heterocycles. The third kappa shape index (κ3) is 5.73. The zero-order chi connectivity index (χ0) is 15.6. The Labute approximate surface area is 136 Å². The van der Waals surface area contributed by atoms with Gasteiger partial charge in [0.2, 0.25) is 0 Å². The largest absolute Gasteiger partial charge is 0.357 e. The molecule has 1 fully saturated rings. The molecule has 0 radical (unpaired) electrons. The lowest BCUT2D eigenvalue weighted by molar-refractivity contribution is 0.0845. The Bertz CT molecular complexity index is 392. The second-order valence-electron chi connectivity index (χ2n) is 6.71. The van der Waals surface area contributed by atoms with Crippen LogP contribution in [0.1, 0.15) is 70.5 Å². The van der Waals surface area contributed by atoms with Crippen molar-refractivity contribution in [3.63, 3.8) is 0 Å². The molecule has 0 aliphatic carbocycles. The van der Waals surface area contributed by atoms with Crippen LogP contribution in [0.4, 0.5) is 0 Å². The van der Waals surface area contributed by atoms with E-state index in [-0.39, 0.29) is 6.10 Å². The lowest BCUT2D eigenvalue weighted by Gasteiger charge is -2.21. The van der Waals surface area contributed by atoms with Gasteiger partial charge in [-0.1, -0.05) is 82.7 Å². The van der Waals surface area contributed by atoms with Crippen LogP contribution >= 0.6 is 0 Å². The molecule has 2 heteroatoms. The molecule has 0 spiro atoms. The number of hydrogen-bond donors (Lipinski definition) is 0. The minimum Gasteiger partial charge on any atom is -0.357 e. The van der Waals surface area contributed by atoms with E-state index in [0.717, 1.165) is 19.2 Å². The van der Waals surface area contributed by atoms with E-state index in [9.17, 15) is 0 Å². The van der Waals surface area contributed by atoms with E-state index in [0.29, 0.717) is 0 Å². The van der Waals surface area contributed by atoms with Crippen LogP contribution in [0.25, 0.3) is 0 Å². The van der Waals surface area contributed by atoms with E-state index in [1.807, 2.05) is 0 Å². The quantitative estimate of drug-likeness (QED) is 0.536. The van der Waals surface area contributed by atoms with Crippen molar-refractivity contribution in [3.8, 4) is 0 Å². The fourth-order valence-electron chi connectivity index (χ4n) is 3.36. The molecule has 0 amide bonds. The van der Waals surface area contributed by atoms with Crippen molar-refractivity contribution in [2.45, 2.75) is 64.9 Å². The van der Waals surface area contributed by atoms with Crippen molar-refractivity contribution in [1.82, 2.24) is 4.90 Å². The van der Waals surface area contributed by atoms with Gasteiger partial charge in [-0.15, -0.1) is 0 Å². The number of unbranched alkanes of at least 4 members (excludes halogenated alkanes) is 4. The van der Waals surface area contributed by atoms with Gasteiger partial charge in [0.1, 0.15) is 0 Å². The van der Waals surface area contributed by atoms with Crippen molar-refractivity contribution in [3.05, 3.63) is 35.9 Å². The Balaban J connectivity index is 1.69. The number of benzene rings is 1. The topological polar surface area (TPSA) is 12.5 Å². The highest BCUT2D eigenvalue weighted by atomic mass is 16.5. The molecule has 1 aromatic rings. The number of hydrogen-bond acceptors (Lipinski definition) is 2. The van der Waals surface area contributed by atoms with Gasteiger partial charge in [0.05, 0.1) is 12.8 Å². The summed E-state index contributed by atoms with van der Waals surface area (Å²) in [5.41, 5.74) is 1.32. The van der Waals surface area contributed by atoms with Gasteiger partial charge >= 0.3 is 0 Å². The molecular formula is C20H33NO. The molecule has 2 rings (SSSR count). The summed E-state index contributed by atoms with van der Waals surface area (Å²) in [6.45, 7) is 7.67. The average molecular weight is 303 g/mol. The first kappa shape index (κ1) is 17.5. The summed E-state index contributed by atoms with van der Waals surface area (Å²) in [6, 6.07) is 10.6. The van der Waals surface area contributed by atoms with Crippen LogP contribution in [0.5, 0.6) is 0 Å². The summed E-state index contributed by atoms with van der Waals surface area (Å²) in [4.78, 5) is 2.50. The van der Waals surface area contributed by atoms with Crippen molar-refractivity contribution >= 4 is 0 Å². The molecule has 1 aliphatic heterocycles. The summed E-state index contributed by atoms with van der Waals surface area (Å²) < 4.78 is 5.98. The Morgan fingerprint density at radius 3 is 2.59 bits per heavy atom. The lowest BCUT2D eigenvalue weighted by atomic mass is 9.97. The number of nitrogens with zero attached hydrogens (tertiary/aromatic N) is 1. The monoisotopic (exact) mass is 303 g/mol. The first-order chi connectivity index (χ1) is 10.8. The highest BCUT2D eigenvalue weighted by Gasteiger charge is 2.25. The maximum Gasteiger partial charge on any atom is 0.1000 e. The van der Waals surface area contributed by atoms with E-state index in [1.54, 1.807) is 0 Å². The molecule has 2 nitrogen and oxygen atoms in total. The summed E-state index contributed by atoms with van der Waals surface area (Å²) in [5.74, 6) is 0.833. The predicted octanol–water partition coefficient (Wildman–Crippen LogP) is 5.40. The number of ether oxygens (including phenoxy) is 1. The molecule has 22 heavy (non-hydrogen) atoms. The molecule has 0 N–H and O–H groups in total. The Hall–Kier alpha value is -0.860. The van der Waals surface area contributed by atoms with Gasteiger partial charge in [0, 0.05) is 13.1 Å². The van der Waals surface area contributed by atoms with Crippen LogP contribution in [0.3, 0.4) is 0 Å². The van der Waals surface area contributed by atoms with Gasteiger partial charge in [-0.05, 0) is 17.9 Å². The Kier molecular flexibility index (Phi) is 7.96. The average Bonchev–Trinajstić information content (AvgIpc) is 3.03. The Morgan fingerprint density at radius 1 is 1.09 bits per heavy atom. The second-order valence-corrected chi connectivity index (χ2v) is 6.71. The van der Waals surface area contributed by atoms with Crippen LogP contribution < -0.4 is 0 Å². The highest BCUT2D eigenvalue weighted by molar-refractivity contribution is 5.18. The second kappa shape index (κ2) is 10.0. The maximum atomic E-state index is 5.98. The molecule has 0 aromatic heterocycles. The predicted molar refractivity (Wildman–Crippen MR) is 93.9 cm³/mol. The van der Waals surface area contributed by atoms with Gasteiger partial charge in [0.15, 0.2) is 0 Å². The van der Waals surface area contributed by atoms with Gasteiger partial charge < -0.3 is 4.74 Å². The van der Waals surface area contributed by atoms with E-state index < -0.39 is 0 Å². The summed E-state index contributed by atoms with van der Waals surface area (Å²) in [6.07, 6.45) is 9.90. The van der Waals surface area contributed by atoms with Gasteiger partial charge in [-0.2, -0.15) is 0 Å². The fraction of sp³-hybridized carbons (Fsp3) is 0.700. The smallest absolute Gasteiger partial charge is 0.1000 e. The molecule has 2 atom stereocenters. The minimum atomic E-state index is 0.267. The maximum absolute atomic E-state index is 5.98. The highest BCUT2D eigenvalue weighted by Crippen LogP contribution is 2.26. The lowest BCUT2D eigenvalue weighted by Crippen LogP contribution is -2.27. The molecule has 0 bridgehead atoms. The number of rotatable bonds is 10. The Morgan fingerprint density at radius 2 is 1.86 bits per heavy atom. The van der Waals surface area contributed by atoms with E-state index in [4.69, 9.17) is 4.74 Å². The van der Waals surface area contributed by atoms with Crippen LogP contribution in [-0.4, -0.2) is 24.7 Å². The third-order valence-corrected chi connectivity index (χ3v) is 4.86. The van der Waals surface area contributed by atoms with E-state index in [1.165, 1.54) is 57.1 Å². The zero-order valence-electron chi connectivity index (χ0n) is 14.5. The van der Waals surface area contributed by atoms with Crippen molar-refractivity contribution in [2.75, 3.05) is 19.8 Å². The molecule has 0 unspecified atom stereocenters. The van der Waals surface area contributed by atoms with E-state index >= 15 is 0 Å². The van der Waals surface area contributed by atoms with Crippen LogP contribution in [0, 0.1) is 5.92 Å². The molecule has 1 aromatic carbocycles. The summed E-state index contributed by atoms with van der Waals surface area (Å²) in [7, 11) is 0. The van der Waals surface area contributed by atoms with Gasteiger partial charge in [0.25, 0.3) is 0 Å². The first-order valence-corrected chi connectivity index (χ1v) is 9.22. The first-order valence-electron chi connectivity index (χ1n) is 9.22. The van der Waals surface area contributed by atoms with Crippen LogP contribution in [0.15, 0.2) is 30.3 Å². The van der Waals surface area contributed by atoms with Crippen molar-refractivity contribution < 1.29 is 4.74 Å². The van der Waals surface area contributed by atoms with Crippen molar-refractivity contribution in [2.24, 2.45) is 5.92 Å². The third-order valence-electron chi connectivity index (χ3n) is 4.86. The molecule has 124 valence electrons. The molecule has 1 aliphatic rings. The fourth-order valence-corrected chi connectivity index (χ4v) is 3.36. The molecule has 0 saturated carbocycles. The SMILES string of the molecule is CCCCCCC[C@H](CC)CN1CO[C@H](c2ccccc2)C1. The minimum absolute atomic E-state index is 0.267. The standard InChI is InChI=1S/C20H33NO/c1-3-5-6-7-9-12-18(4-2)15-21-16-20(22-17-21)19-13-10-8-11-14-19/h8,10-11,13-14,18,20H,3-7,9,12,15-17H2,1-2H3/t18-,20-/m0/s1. The normalized spacial score (nSPS) is 20.4. The summed E-state index contributed by atoms with van der Waals surface area (Å²) >= 11 is 0. The van der Waals surface area contributed by atoms with Gasteiger partial charge in [-0.25, -0.2) is 0 Å². The van der Waals surface area contributed by atoms with Crippen molar-refractivity contribution in [1.29, 1.82) is 0 Å². The van der Waals surface area contributed by atoms with Crippen LogP contribution in [-0.2, 0) is 4.74 Å². The summed E-state index contributed by atoms with van der Waals surface area (Å²) in [5, 5.41) is 0. The molecule has 1 heterocycles. The van der Waals surface area contributed by atoms with E-state index in [2.05, 4.69) is 49.1 Å².